The predicted molar refractivity (Wildman–Crippen MR) is 119 cm³/mol. The maximum Gasteiger partial charge on any atom is 0.169 e. The van der Waals surface area contributed by atoms with Crippen LogP contribution in [0.25, 0.3) is 0 Å². The van der Waals surface area contributed by atoms with Crippen LogP contribution in [0.5, 0.6) is 0 Å². The van der Waals surface area contributed by atoms with Crippen molar-refractivity contribution < 1.29 is 42.7 Å². The summed E-state index contributed by atoms with van der Waals surface area (Å²) in [4.78, 5) is 0. The smallest absolute Gasteiger partial charge is 0.169 e. The van der Waals surface area contributed by atoms with Gasteiger partial charge in [-0.3, -0.25) is 0 Å². The van der Waals surface area contributed by atoms with E-state index in [0.29, 0.717) is 18.1 Å². The van der Waals surface area contributed by atoms with Gasteiger partial charge >= 0.3 is 0 Å². The molecule has 1 saturated heterocycles. The van der Waals surface area contributed by atoms with E-state index in [1.807, 2.05) is 0 Å². The van der Waals surface area contributed by atoms with Gasteiger partial charge in [0.2, 0.25) is 0 Å². The van der Waals surface area contributed by atoms with Crippen molar-refractivity contribution in [3.05, 3.63) is 0 Å². The lowest BCUT2D eigenvalue weighted by atomic mass is 10.1. The van der Waals surface area contributed by atoms with E-state index < -0.39 is 40.6 Å². The predicted octanol–water partition coefficient (Wildman–Crippen LogP) is -1.25. The lowest BCUT2D eigenvalue weighted by Gasteiger charge is -2.22. The van der Waals surface area contributed by atoms with Gasteiger partial charge in [0.25, 0.3) is 0 Å². The fourth-order valence-electron chi connectivity index (χ4n) is 3.90. The van der Waals surface area contributed by atoms with E-state index in [1.165, 1.54) is 57.8 Å². The Morgan fingerprint density at radius 3 is 1.93 bits per heavy atom. The number of halogens is 1. The molecule has 6 nitrogen and oxygen atoms in total. The first-order valence-corrected chi connectivity index (χ1v) is 13.2. The highest BCUT2D eigenvalue weighted by Gasteiger charge is 2.50. The van der Waals surface area contributed by atoms with Crippen LogP contribution in [0, 0.1) is 0 Å². The van der Waals surface area contributed by atoms with Crippen molar-refractivity contribution in [1.29, 1.82) is 0 Å². The first-order valence-electron chi connectivity index (χ1n) is 11.6. The standard InChI is InChI=1S/C22H45O6S.ClH/c1-2-3-4-5-6-7-8-9-10-11-12-13-28-20(14-23)18(25)16-29-17-19(26)22(27)21(29)15-24;/h18-27H,2-17H2,1H3;1H/q+1;/p-1/t18-,19-,20+,21-,22+,29?;/m1./s1. The van der Waals surface area contributed by atoms with Gasteiger partial charge in [0, 0.05) is 17.5 Å². The molecule has 8 heteroatoms. The molecule has 0 spiro atoms. The Morgan fingerprint density at radius 2 is 1.43 bits per heavy atom. The number of aliphatic hydroxyl groups excluding tert-OH is 5. The van der Waals surface area contributed by atoms with Crippen LogP contribution in [0.2, 0.25) is 0 Å². The number of hydrogen-bond acceptors (Lipinski definition) is 6. The molecule has 0 amide bonds. The molecule has 1 unspecified atom stereocenters. The van der Waals surface area contributed by atoms with E-state index >= 15 is 0 Å². The lowest BCUT2D eigenvalue weighted by Crippen LogP contribution is -3.00. The molecule has 0 saturated carbocycles. The van der Waals surface area contributed by atoms with Crippen molar-refractivity contribution in [3.63, 3.8) is 0 Å². The highest BCUT2D eigenvalue weighted by Crippen LogP contribution is 2.25. The van der Waals surface area contributed by atoms with Crippen LogP contribution >= 0.6 is 0 Å². The van der Waals surface area contributed by atoms with Gasteiger partial charge in [-0.1, -0.05) is 71.1 Å². The van der Waals surface area contributed by atoms with Gasteiger partial charge in [-0.15, -0.1) is 0 Å². The average Bonchev–Trinajstić information content (AvgIpc) is 2.98. The van der Waals surface area contributed by atoms with Crippen LogP contribution < -0.4 is 12.4 Å². The van der Waals surface area contributed by atoms with Crippen LogP contribution in [0.15, 0.2) is 0 Å². The van der Waals surface area contributed by atoms with Crippen molar-refractivity contribution in [3.8, 4) is 0 Å². The van der Waals surface area contributed by atoms with Crippen LogP contribution in [-0.4, -0.2) is 86.5 Å². The molecule has 0 radical (unpaired) electrons. The third-order valence-electron chi connectivity index (χ3n) is 5.84. The number of ether oxygens (including phenoxy) is 1. The maximum absolute atomic E-state index is 10.4. The molecule has 0 aromatic rings. The van der Waals surface area contributed by atoms with Gasteiger partial charge in [-0.2, -0.15) is 0 Å². The molecule has 1 aliphatic rings. The Labute approximate surface area is 192 Å². The molecular weight excluding hydrogens is 428 g/mol. The van der Waals surface area contributed by atoms with Crippen LogP contribution in [-0.2, 0) is 15.6 Å². The highest BCUT2D eigenvalue weighted by molar-refractivity contribution is 7.97. The van der Waals surface area contributed by atoms with Crippen LogP contribution in [0.1, 0.15) is 77.6 Å². The summed E-state index contributed by atoms with van der Waals surface area (Å²) < 4.78 is 5.69. The van der Waals surface area contributed by atoms with Crippen molar-refractivity contribution in [2.24, 2.45) is 0 Å². The minimum atomic E-state index is -0.944. The minimum Gasteiger partial charge on any atom is -1.00 e. The summed E-state index contributed by atoms with van der Waals surface area (Å²) in [6.45, 7) is 2.29. The van der Waals surface area contributed by atoms with E-state index in [-0.39, 0.29) is 25.6 Å². The first kappa shape index (κ1) is 30.4. The summed E-state index contributed by atoms with van der Waals surface area (Å²) in [6, 6.07) is 0. The average molecular weight is 473 g/mol. The number of rotatable bonds is 18. The molecule has 182 valence electrons. The molecule has 1 rings (SSSR count). The van der Waals surface area contributed by atoms with Gasteiger partial charge in [-0.25, -0.2) is 0 Å². The third kappa shape index (κ3) is 11.9. The molecule has 0 bridgehead atoms. The lowest BCUT2D eigenvalue weighted by molar-refractivity contribution is -0.0555. The Balaban J connectivity index is 0.00000841. The summed E-state index contributed by atoms with van der Waals surface area (Å²) in [5, 5.41) is 48.7. The minimum absolute atomic E-state index is 0. The molecule has 0 aliphatic carbocycles. The zero-order valence-electron chi connectivity index (χ0n) is 18.6. The summed E-state index contributed by atoms with van der Waals surface area (Å²) in [5.74, 6) is 0.697. The zero-order valence-corrected chi connectivity index (χ0v) is 20.2. The van der Waals surface area contributed by atoms with Gasteiger partial charge in [0.05, 0.1) is 13.2 Å². The van der Waals surface area contributed by atoms with Crippen molar-refractivity contribution in [1.82, 2.24) is 0 Å². The molecule has 1 heterocycles. The Hall–Kier alpha value is 0.400. The number of aliphatic hydroxyl groups is 5. The van der Waals surface area contributed by atoms with Crippen LogP contribution in [0.4, 0.5) is 0 Å². The molecular formula is C22H45ClO6S. The van der Waals surface area contributed by atoms with E-state index in [0.717, 1.165) is 12.8 Å². The molecule has 0 aromatic heterocycles. The molecule has 6 atom stereocenters. The summed E-state index contributed by atoms with van der Waals surface area (Å²) in [6.07, 6.45) is 10.5. The largest absolute Gasteiger partial charge is 1.00 e. The Morgan fingerprint density at radius 1 is 0.900 bits per heavy atom. The zero-order chi connectivity index (χ0) is 21.5. The number of hydrogen-bond donors (Lipinski definition) is 5. The fourth-order valence-corrected chi connectivity index (χ4v) is 6.61. The van der Waals surface area contributed by atoms with Gasteiger partial charge in [0.1, 0.15) is 35.9 Å². The van der Waals surface area contributed by atoms with Gasteiger partial charge in [-0.05, 0) is 6.42 Å². The normalized spacial score (nSPS) is 25.8. The molecule has 30 heavy (non-hydrogen) atoms. The Bertz CT molecular complexity index is 393. The number of unbranched alkanes of at least 4 members (excludes halogenated alkanes) is 10. The van der Waals surface area contributed by atoms with Crippen molar-refractivity contribution in [2.45, 2.75) is 107 Å². The second-order valence-electron chi connectivity index (χ2n) is 8.34. The quantitative estimate of drug-likeness (QED) is 0.126. The summed E-state index contributed by atoms with van der Waals surface area (Å²) in [5.41, 5.74) is 0. The second-order valence-corrected chi connectivity index (χ2v) is 10.7. The maximum atomic E-state index is 10.4. The van der Waals surface area contributed by atoms with Crippen molar-refractivity contribution in [2.75, 3.05) is 31.3 Å². The van der Waals surface area contributed by atoms with E-state index in [1.54, 1.807) is 0 Å². The van der Waals surface area contributed by atoms with Crippen molar-refractivity contribution >= 4 is 10.9 Å². The SMILES string of the molecule is CCCCCCCCCCCCCO[C@@H](CO)[C@H](O)C[S+]1C[C@@H](O)[C@H](O)[C@H]1CO.[Cl-]. The Kier molecular flexibility index (Phi) is 19.2. The highest BCUT2D eigenvalue weighted by atomic mass is 35.5. The monoisotopic (exact) mass is 472 g/mol. The summed E-state index contributed by atoms with van der Waals surface area (Å²) in [7, 11) is -0.486. The topological polar surface area (TPSA) is 110 Å². The molecule has 0 aromatic carbocycles. The van der Waals surface area contributed by atoms with Gasteiger partial charge < -0.3 is 42.7 Å². The van der Waals surface area contributed by atoms with Gasteiger partial charge in [0.15, 0.2) is 5.25 Å². The second kappa shape index (κ2) is 18.9. The first-order chi connectivity index (χ1) is 14.0. The fraction of sp³-hybridized carbons (Fsp3) is 1.00. The molecule has 1 aliphatic heterocycles. The van der Waals surface area contributed by atoms with E-state index in [9.17, 15) is 25.5 Å². The van der Waals surface area contributed by atoms with E-state index in [2.05, 4.69) is 6.92 Å². The molecule has 5 N–H and O–H groups in total. The third-order valence-corrected chi connectivity index (χ3v) is 8.67. The summed E-state index contributed by atoms with van der Waals surface area (Å²) >= 11 is 0. The van der Waals surface area contributed by atoms with E-state index in [4.69, 9.17) is 4.74 Å². The van der Waals surface area contributed by atoms with Crippen LogP contribution in [0.3, 0.4) is 0 Å². The molecule has 1 fully saturated rings.